The van der Waals surface area contributed by atoms with Crippen LogP contribution in [0.3, 0.4) is 0 Å². The van der Waals surface area contributed by atoms with Crippen molar-refractivity contribution in [3.8, 4) is 0 Å². The highest BCUT2D eigenvalue weighted by atomic mass is 19.4. The van der Waals surface area contributed by atoms with Gasteiger partial charge in [0.05, 0.1) is 24.2 Å². The molecular weight excluding hydrogens is 223 g/mol. The van der Waals surface area contributed by atoms with Crippen LogP contribution in [-0.2, 0) is 4.74 Å². The van der Waals surface area contributed by atoms with Crippen LogP contribution in [0.1, 0.15) is 0 Å². The van der Waals surface area contributed by atoms with Crippen LogP contribution < -0.4 is 11.1 Å². The van der Waals surface area contributed by atoms with Gasteiger partial charge in [0.2, 0.25) is 0 Å². The zero-order chi connectivity index (χ0) is 12.0. The first-order chi connectivity index (χ1) is 7.47. The van der Waals surface area contributed by atoms with Gasteiger partial charge in [0.1, 0.15) is 6.61 Å². The molecule has 1 aromatic heterocycles. The Bertz CT molecular complexity index is 330. The van der Waals surface area contributed by atoms with E-state index in [4.69, 9.17) is 5.73 Å². The molecule has 90 valence electrons. The maximum Gasteiger partial charge on any atom is 0.411 e. The SMILES string of the molecule is Nc1cncc(NCCOCC(F)(F)F)c1. The fourth-order valence-corrected chi connectivity index (χ4v) is 1.01. The van der Waals surface area contributed by atoms with Gasteiger partial charge in [0.15, 0.2) is 0 Å². The lowest BCUT2D eigenvalue weighted by Crippen LogP contribution is -2.20. The molecule has 0 amide bonds. The summed E-state index contributed by atoms with van der Waals surface area (Å²) in [7, 11) is 0. The average Bonchev–Trinajstić information content (AvgIpc) is 2.15. The third kappa shape index (κ3) is 5.40. The molecule has 0 unspecified atom stereocenters. The molecule has 0 atom stereocenters. The van der Waals surface area contributed by atoms with Crippen LogP contribution in [-0.4, -0.2) is 30.9 Å². The highest BCUT2D eigenvalue weighted by Gasteiger charge is 2.27. The van der Waals surface area contributed by atoms with E-state index in [-0.39, 0.29) is 13.2 Å². The van der Waals surface area contributed by atoms with Gasteiger partial charge >= 0.3 is 6.18 Å². The van der Waals surface area contributed by atoms with E-state index in [9.17, 15) is 13.2 Å². The number of nitrogen functional groups attached to an aromatic ring is 1. The molecule has 0 aliphatic heterocycles. The van der Waals surface area contributed by atoms with Crippen molar-refractivity contribution >= 4 is 11.4 Å². The second-order valence-electron chi connectivity index (χ2n) is 3.10. The molecule has 3 N–H and O–H groups in total. The number of halogens is 3. The molecule has 1 aromatic rings. The molecule has 0 saturated carbocycles. The second kappa shape index (κ2) is 5.55. The first-order valence-electron chi connectivity index (χ1n) is 4.56. The van der Waals surface area contributed by atoms with Crippen molar-refractivity contribution in [1.29, 1.82) is 0 Å². The summed E-state index contributed by atoms with van der Waals surface area (Å²) in [6.07, 6.45) is -1.27. The van der Waals surface area contributed by atoms with E-state index in [0.29, 0.717) is 11.4 Å². The number of hydrogen-bond acceptors (Lipinski definition) is 4. The fraction of sp³-hybridized carbons (Fsp3) is 0.444. The second-order valence-corrected chi connectivity index (χ2v) is 3.10. The number of alkyl halides is 3. The van der Waals surface area contributed by atoms with Gasteiger partial charge in [-0.2, -0.15) is 13.2 Å². The van der Waals surface area contributed by atoms with Crippen LogP contribution in [0.5, 0.6) is 0 Å². The maximum absolute atomic E-state index is 11.7. The van der Waals surface area contributed by atoms with Gasteiger partial charge in [-0.3, -0.25) is 4.98 Å². The van der Waals surface area contributed by atoms with E-state index in [1.54, 1.807) is 6.07 Å². The molecule has 0 aromatic carbocycles. The topological polar surface area (TPSA) is 60.2 Å². The molecule has 16 heavy (non-hydrogen) atoms. The number of nitrogens with zero attached hydrogens (tertiary/aromatic N) is 1. The van der Waals surface area contributed by atoms with Crippen LogP contribution in [0.25, 0.3) is 0 Å². The number of hydrogen-bond donors (Lipinski definition) is 2. The zero-order valence-corrected chi connectivity index (χ0v) is 8.42. The lowest BCUT2D eigenvalue weighted by Gasteiger charge is -2.09. The van der Waals surface area contributed by atoms with Crippen LogP contribution in [0.4, 0.5) is 24.5 Å². The van der Waals surface area contributed by atoms with Gasteiger partial charge in [0, 0.05) is 12.7 Å². The minimum atomic E-state index is -4.28. The fourth-order valence-electron chi connectivity index (χ4n) is 1.01. The van der Waals surface area contributed by atoms with Crippen molar-refractivity contribution in [3.05, 3.63) is 18.5 Å². The molecule has 1 rings (SSSR count). The Morgan fingerprint density at radius 3 is 2.75 bits per heavy atom. The summed E-state index contributed by atoms with van der Waals surface area (Å²) in [6.45, 7) is -1.00. The first-order valence-corrected chi connectivity index (χ1v) is 4.56. The van der Waals surface area contributed by atoms with Gasteiger partial charge in [-0.1, -0.05) is 0 Å². The number of rotatable bonds is 5. The van der Waals surface area contributed by atoms with Crippen molar-refractivity contribution in [3.63, 3.8) is 0 Å². The van der Waals surface area contributed by atoms with Crippen LogP contribution >= 0.6 is 0 Å². The summed E-state index contributed by atoms with van der Waals surface area (Å²) in [5.41, 5.74) is 6.60. The minimum Gasteiger partial charge on any atom is -0.397 e. The van der Waals surface area contributed by atoms with Crippen molar-refractivity contribution in [2.45, 2.75) is 6.18 Å². The lowest BCUT2D eigenvalue weighted by molar-refractivity contribution is -0.172. The van der Waals surface area contributed by atoms with Crippen LogP contribution in [0, 0.1) is 0 Å². The summed E-state index contributed by atoms with van der Waals surface area (Å²) >= 11 is 0. The Kier molecular flexibility index (Phi) is 4.36. The Balaban J connectivity index is 2.17. The number of ether oxygens (including phenoxy) is 1. The molecule has 0 spiro atoms. The smallest absolute Gasteiger partial charge is 0.397 e. The van der Waals surface area contributed by atoms with E-state index >= 15 is 0 Å². The molecule has 0 saturated heterocycles. The summed E-state index contributed by atoms with van der Waals surface area (Å²) < 4.78 is 39.5. The number of nitrogens with one attached hydrogen (secondary N) is 1. The Morgan fingerprint density at radius 2 is 2.12 bits per heavy atom. The molecule has 0 aliphatic rings. The molecule has 4 nitrogen and oxygen atoms in total. The van der Waals surface area contributed by atoms with Gasteiger partial charge < -0.3 is 15.8 Å². The Labute approximate surface area is 90.6 Å². The number of pyridine rings is 1. The van der Waals surface area contributed by atoms with E-state index in [0.717, 1.165) is 0 Å². The highest BCUT2D eigenvalue weighted by Crippen LogP contribution is 2.14. The van der Waals surface area contributed by atoms with E-state index < -0.39 is 12.8 Å². The van der Waals surface area contributed by atoms with E-state index in [2.05, 4.69) is 15.0 Å². The molecule has 0 aliphatic carbocycles. The van der Waals surface area contributed by atoms with Crippen LogP contribution in [0.2, 0.25) is 0 Å². The zero-order valence-electron chi connectivity index (χ0n) is 8.42. The molecule has 7 heteroatoms. The first kappa shape index (κ1) is 12.6. The van der Waals surface area contributed by atoms with Crippen molar-refractivity contribution in [2.24, 2.45) is 0 Å². The number of aromatic nitrogens is 1. The van der Waals surface area contributed by atoms with Crippen LogP contribution in [0.15, 0.2) is 18.5 Å². The predicted octanol–water partition coefficient (Wildman–Crippen LogP) is 1.65. The number of anilines is 2. The molecule has 0 fully saturated rings. The third-order valence-corrected chi connectivity index (χ3v) is 1.60. The van der Waals surface area contributed by atoms with E-state index in [1.165, 1.54) is 12.4 Å². The average molecular weight is 235 g/mol. The summed E-state index contributed by atoms with van der Waals surface area (Å²) in [4.78, 5) is 3.81. The standard InChI is InChI=1S/C9H12F3N3O/c10-9(11,12)6-16-2-1-15-8-3-7(13)4-14-5-8/h3-5,15H,1-2,6,13H2. The van der Waals surface area contributed by atoms with Gasteiger partial charge in [-0.05, 0) is 6.07 Å². The van der Waals surface area contributed by atoms with Crippen molar-refractivity contribution < 1.29 is 17.9 Å². The van der Waals surface area contributed by atoms with Gasteiger partial charge in [-0.15, -0.1) is 0 Å². The Morgan fingerprint density at radius 1 is 1.38 bits per heavy atom. The van der Waals surface area contributed by atoms with Gasteiger partial charge in [-0.25, -0.2) is 0 Å². The monoisotopic (exact) mass is 235 g/mol. The minimum absolute atomic E-state index is 0.0334. The molecule has 1 heterocycles. The van der Waals surface area contributed by atoms with E-state index in [1.807, 2.05) is 0 Å². The largest absolute Gasteiger partial charge is 0.411 e. The van der Waals surface area contributed by atoms with Crippen molar-refractivity contribution in [2.75, 3.05) is 30.8 Å². The normalized spacial score (nSPS) is 11.4. The molecule has 0 bridgehead atoms. The summed E-state index contributed by atoms with van der Waals surface area (Å²) in [5, 5.41) is 2.84. The number of nitrogens with two attached hydrogens (primary N) is 1. The maximum atomic E-state index is 11.7. The molecular formula is C9H12F3N3O. The lowest BCUT2D eigenvalue weighted by atomic mass is 10.4. The van der Waals surface area contributed by atoms with Gasteiger partial charge in [0.25, 0.3) is 0 Å². The quantitative estimate of drug-likeness (QED) is 0.762. The predicted molar refractivity (Wildman–Crippen MR) is 54.0 cm³/mol. The highest BCUT2D eigenvalue weighted by molar-refractivity contribution is 5.51. The Hall–Kier alpha value is -1.50. The summed E-state index contributed by atoms with van der Waals surface area (Å²) in [6, 6.07) is 1.64. The van der Waals surface area contributed by atoms with Crippen molar-refractivity contribution in [1.82, 2.24) is 4.98 Å². The summed E-state index contributed by atoms with van der Waals surface area (Å²) in [5.74, 6) is 0. The molecule has 0 radical (unpaired) electrons. The third-order valence-electron chi connectivity index (χ3n) is 1.60.